The van der Waals surface area contributed by atoms with Gasteiger partial charge in [0.2, 0.25) is 0 Å². The minimum Gasteiger partial charge on any atom is -0.379 e. The average molecular weight is 464 g/mol. The van der Waals surface area contributed by atoms with Gasteiger partial charge in [-0.25, -0.2) is 0 Å². The van der Waals surface area contributed by atoms with Crippen molar-refractivity contribution in [1.29, 1.82) is 0 Å². The third-order valence-electron chi connectivity index (χ3n) is 4.38. The number of rotatable bonds is 7. The summed E-state index contributed by atoms with van der Waals surface area (Å²) in [5.74, 6) is 1.43. The highest BCUT2D eigenvalue weighted by Gasteiger charge is 2.23. The van der Waals surface area contributed by atoms with Crippen molar-refractivity contribution in [2.75, 3.05) is 46.4 Å². The van der Waals surface area contributed by atoms with Gasteiger partial charge in [-0.15, -0.1) is 24.0 Å². The summed E-state index contributed by atoms with van der Waals surface area (Å²) in [6.07, 6.45) is 3.92. The van der Waals surface area contributed by atoms with Crippen LogP contribution >= 0.6 is 24.0 Å². The van der Waals surface area contributed by atoms with Gasteiger partial charge in [0.25, 0.3) is 0 Å². The molecule has 1 unspecified atom stereocenters. The third kappa shape index (κ3) is 7.49. The Morgan fingerprint density at radius 3 is 2.60 bits per heavy atom. The van der Waals surface area contributed by atoms with Gasteiger partial charge in [0.05, 0.1) is 26.0 Å². The van der Waals surface area contributed by atoms with Crippen molar-refractivity contribution in [1.82, 2.24) is 25.3 Å². The van der Waals surface area contributed by atoms with E-state index in [1.165, 1.54) is 5.56 Å². The van der Waals surface area contributed by atoms with Crippen molar-refractivity contribution in [3.63, 3.8) is 0 Å². The molecule has 1 aliphatic rings. The van der Waals surface area contributed by atoms with Crippen LogP contribution in [0.1, 0.15) is 19.4 Å². The van der Waals surface area contributed by atoms with Crippen molar-refractivity contribution in [2.24, 2.45) is 10.9 Å². The smallest absolute Gasteiger partial charge is 0.191 e. The van der Waals surface area contributed by atoms with Gasteiger partial charge in [-0.05, 0) is 18.4 Å². The Labute approximate surface area is 168 Å². The second-order valence-corrected chi connectivity index (χ2v) is 6.62. The summed E-state index contributed by atoms with van der Waals surface area (Å²) in [7, 11) is 1.81. The van der Waals surface area contributed by atoms with Crippen LogP contribution in [-0.4, -0.2) is 73.1 Å². The summed E-state index contributed by atoms with van der Waals surface area (Å²) >= 11 is 0. The molecule has 1 atom stereocenters. The molecule has 0 spiro atoms. The molecule has 1 aromatic rings. The second-order valence-electron chi connectivity index (χ2n) is 6.62. The number of hydrogen-bond donors (Lipinski definition) is 2. The van der Waals surface area contributed by atoms with Crippen LogP contribution in [-0.2, 0) is 11.3 Å². The Hall–Kier alpha value is -0.870. The molecule has 2 heterocycles. The lowest BCUT2D eigenvalue weighted by Crippen LogP contribution is -2.52. The highest BCUT2D eigenvalue weighted by atomic mass is 127. The van der Waals surface area contributed by atoms with Crippen molar-refractivity contribution in [2.45, 2.75) is 33.4 Å². The van der Waals surface area contributed by atoms with E-state index in [4.69, 9.17) is 4.74 Å². The largest absolute Gasteiger partial charge is 0.379 e. The van der Waals surface area contributed by atoms with Crippen LogP contribution in [0.5, 0.6) is 0 Å². The molecule has 8 heteroatoms. The van der Waals surface area contributed by atoms with Crippen LogP contribution in [0.15, 0.2) is 17.4 Å². The molecule has 0 bridgehead atoms. The maximum atomic E-state index is 5.47. The Morgan fingerprint density at radius 1 is 1.32 bits per heavy atom. The molecule has 0 amide bonds. The topological polar surface area (TPSA) is 66.7 Å². The fourth-order valence-corrected chi connectivity index (χ4v) is 3.00. The molecule has 0 saturated carbocycles. The summed E-state index contributed by atoms with van der Waals surface area (Å²) in [6.45, 7) is 12.8. The van der Waals surface area contributed by atoms with E-state index >= 15 is 0 Å². The van der Waals surface area contributed by atoms with Crippen LogP contribution in [0.25, 0.3) is 0 Å². The van der Waals surface area contributed by atoms with E-state index in [0.717, 1.165) is 51.9 Å². The van der Waals surface area contributed by atoms with Gasteiger partial charge < -0.3 is 15.4 Å². The van der Waals surface area contributed by atoms with Crippen molar-refractivity contribution in [3.8, 4) is 0 Å². The summed E-state index contributed by atoms with van der Waals surface area (Å²) in [5, 5.41) is 11.1. The molecule has 0 aromatic carbocycles. The first kappa shape index (κ1) is 22.2. The Morgan fingerprint density at radius 2 is 2.04 bits per heavy atom. The number of nitrogens with zero attached hydrogens (tertiary/aromatic N) is 4. The Bertz CT molecular complexity index is 513. The van der Waals surface area contributed by atoms with E-state index in [9.17, 15) is 0 Å². The van der Waals surface area contributed by atoms with Crippen LogP contribution in [0, 0.1) is 12.8 Å². The molecule has 144 valence electrons. The van der Waals surface area contributed by atoms with Gasteiger partial charge in [-0.2, -0.15) is 5.10 Å². The summed E-state index contributed by atoms with van der Waals surface area (Å²) in [4.78, 5) is 6.84. The summed E-state index contributed by atoms with van der Waals surface area (Å²) in [5.41, 5.74) is 1.18. The molecule has 1 saturated heterocycles. The fourth-order valence-electron chi connectivity index (χ4n) is 3.00. The molecule has 2 N–H and O–H groups in total. The number of morpholine rings is 1. The minimum atomic E-state index is 0. The normalized spacial score (nSPS) is 17.2. The SMILES string of the molecule is CN=C(NCCn1cc(C)cn1)NCC(C(C)C)N1CCOCC1.I. The molecule has 1 aliphatic heterocycles. The Kier molecular flexibility index (Phi) is 10.4. The van der Waals surface area contributed by atoms with Gasteiger partial charge in [-0.3, -0.25) is 14.6 Å². The van der Waals surface area contributed by atoms with Crippen LogP contribution < -0.4 is 10.6 Å². The average Bonchev–Trinajstić information content (AvgIpc) is 2.99. The highest BCUT2D eigenvalue weighted by molar-refractivity contribution is 14.0. The lowest BCUT2D eigenvalue weighted by Gasteiger charge is -2.37. The molecule has 25 heavy (non-hydrogen) atoms. The third-order valence-corrected chi connectivity index (χ3v) is 4.38. The van der Waals surface area contributed by atoms with Crippen LogP contribution in [0.4, 0.5) is 0 Å². The number of aliphatic imine (C=N–C) groups is 1. The van der Waals surface area contributed by atoms with Gasteiger partial charge in [0.15, 0.2) is 5.96 Å². The van der Waals surface area contributed by atoms with E-state index in [1.54, 1.807) is 0 Å². The van der Waals surface area contributed by atoms with E-state index in [1.807, 2.05) is 24.1 Å². The first-order valence-electron chi connectivity index (χ1n) is 8.85. The van der Waals surface area contributed by atoms with Gasteiger partial charge >= 0.3 is 0 Å². The minimum absolute atomic E-state index is 0. The van der Waals surface area contributed by atoms with Crippen LogP contribution in [0.2, 0.25) is 0 Å². The molecule has 7 nitrogen and oxygen atoms in total. The second kappa shape index (κ2) is 11.7. The number of guanidine groups is 1. The molecule has 1 fully saturated rings. The van der Waals surface area contributed by atoms with Gasteiger partial charge in [0.1, 0.15) is 0 Å². The first-order chi connectivity index (χ1) is 11.6. The number of hydrogen-bond acceptors (Lipinski definition) is 4. The zero-order chi connectivity index (χ0) is 17.4. The monoisotopic (exact) mass is 464 g/mol. The number of aryl methyl sites for hydroxylation is 1. The van der Waals surface area contributed by atoms with Crippen molar-refractivity contribution < 1.29 is 4.74 Å². The quantitative estimate of drug-likeness (QED) is 0.362. The molecular formula is C17H33IN6O. The van der Waals surface area contributed by atoms with Crippen molar-refractivity contribution in [3.05, 3.63) is 18.0 Å². The zero-order valence-corrected chi connectivity index (χ0v) is 18.2. The standard InChI is InChI=1S/C17H32N6O.HI/c1-14(2)16(22-7-9-24-10-8-22)12-20-17(18-4)19-5-6-23-13-15(3)11-21-23;/h11,13-14,16H,5-10,12H2,1-4H3,(H2,18,19,20);1H. The molecule has 1 aromatic heterocycles. The molecule has 2 rings (SSSR count). The van der Waals surface area contributed by atoms with Crippen LogP contribution in [0.3, 0.4) is 0 Å². The lowest BCUT2D eigenvalue weighted by molar-refractivity contribution is 0.00752. The number of ether oxygens (including phenoxy) is 1. The maximum Gasteiger partial charge on any atom is 0.191 e. The maximum absolute atomic E-state index is 5.47. The number of aromatic nitrogens is 2. The number of nitrogens with one attached hydrogen (secondary N) is 2. The van der Waals surface area contributed by atoms with E-state index < -0.39 is 0 Å². The molecular weight excluding hydrogens is 431 g/mol. The summed E-state index contributed by atoms with van der Waals surface area (Å²) in [6, 6.07) is 0.487. The Balaban J connectivity index is 0.00000312. The van der Waals surface area contributed by atoms with Crippen molar-refractivity contribution >= 4 is 29.9 Å². The number of halogens is 1. The van der Waals surface area contributed by atoms with Gasteiger partial charge in [0, 0.05) is 45.5 Å². The van der Waals surface area contributed by atoms with E-state index in [-0.39, 0.29) is 24.0 Å². The van der Waals surface area contributed by atoms with Gasteiger partial charge in [-0.1, -0.05) is 13.8 Å². The predicted octanol–water partition coefficient (Wildman–Crippen LogP) is 1.33. The molecule has 0 aliphatic carbocycles. The summed E-state index contributed by atoms with van der Waals surface area (Å²) < 4.78 is 7.41. The first-order valence-corrected chi connectivity index (χ1v) is 8.85. The highest BCUT2D eigenvalue weighted by Crippen LogP contribution is 2.12. The van der Waals surface area contributed by atoms with E-state index in [0.29, 0.717) is 12.0 Å². The fraction of sp³-hybridized carbons (Fsp3) is 0.765. The predicted molar refractivity (Wildman–Crippen MR) is 113 cm³/mol. The molecule has 0 radical (unpaired) electrons. The zero-order valence-electron chi connectivity index (χ0n) is 15.9. The lowest BCUT2D eigenvalue weighted by atomic mass is 10.0. The van der Waals surface area contributed by atoms with E-state index in [2.05, 4.69) is 46.4 Å².